The van der Waals surface area contributed by atoms with Gasteiger partial charge in [-0.1, -0.05) is 39.0 Å². The van der Waals surface area contributed by atoms with Crippen molar-refractivity contribution in [2.24, 2.45) is 0 Å². The molecular weight excluding hydrogens is 1060 g/mol. The van der Waals surface area contributed by atoms with Gasteiger partial charge in [0, 0.05) is 23.0 Å². The van der Waals surface area contributed by atoms with Crippen LogP contribution in [0.3, 0.4) is 0 Å². The molecule has 1 aliphatic heterocycles. The number of aromatic nitrogens is 4. The molecule has 0 saturated carbocycles. The van der Waals surface area contributed by atoms with Crippen molar-refractivity contribution in [2.75, 3.05) is 0 Å². The van der Waals surface area contributed by atoms with Gasteiger partial charge in [0.15, 0.2) is 0 Å². The number of nitrogens with zero attached hydrogens (tertiary/aromatic N) is 4. The fourth-order valence-electron chi connectivity index (χ4n) is 12.7. The van der Waals surface area contributed by atoms with Gasteiger partial charge in [-0.05, 0) is 41.3 Å². The zero-order chi connectivity index (χ0) is 59.3. The van der Waals surface area contributed by atoms with Gasteiger partial charge in [-0.2, -0.15) is 0 Å². The molecule has 0 fully saturated rings. The minimum absolute atomic E-state index is 0.0750. The summed E-state index contributed by atoms with van der Waals surface area (Å²) in [7, 11) is 0. The monoisotopic (exact) mass is 1120 g/mol. The van der Waals surface area contributed by atoms with Crippen LogP contribution in [0.25, 0.3) is 94.5 Å². The van der Waals surface area contributed by atoms with E-state index in [0.717, 1.165) is 77.7 Å². The number of rotatable bonds is 9. The van der Waals surface area contributed by atoms with Crippen LogP contribution >= 0.6 is 0 Å². The number of hydrogen-bond donors (Lipinski definition) is 0. The number of imidazole rings is 1. The number of pyridine rings is 1. The van der Waals surface area contributed by atoms with Crippen molar-refractivity contribution in [3.05, 3.63) is 297 Å². The Balaban J connectivity index is 0.974. The summed E-state index contributed by atoms with van der Waals surface area (Å²) in [4.78, 5) is 4.92. The summed E-state index contributed by atoms with van der Waals surface area (Å²) >= 11 is -3.94. The average molecular weight is 1120 g/mol. The molecule has 3 aromatic heterocycles. The van der Waals surface area contributed by atoms with Gasteiger partial charge in [0.1, 0.15) is 11.6 Å². The summed E-state index contributed by atoms with van der Waals surface area (Å²) in [6, 6.07) is 85.7. The number of para-hydroxylation sites is 3. The van der Waals surface area contributed by atoms with Crippen molar-refractivity contribution in [2.45, 2.75) is 26.2 Å². The molecule has 14 aromatic rings. The topological polar surface area (TPSA) is 35.9 Å². The Hall–Kier alpha value is -9.82. The number of ether oxygens (including phenoxy) is 1. The maximum atomic E-state index is 9.58. The van der Waals surface area contributed by atoms with Crippen molar-refractivity contribution >= 4 is 63.7 Å². The van der Waals surface area contributed by atoms with Gasteiger partial charge in [0.2, 0.25) is 0 Å². The van der Waals surface area contributed by atoms with E-state index in [9.17, 15) is 2.74 Å². The molecule has 6 heteroatoms. The summed E-state index contributed by atoms with van der Waals surface area (Å²) in [6.45, 7) is 6.65. The van der Waals surface area contributed by atoms with E-state index >= 15 is 0 Å². The van der Waals surface area contributed by atoms with Crippen LogP contribution in [0.15, 0.2) is 285 Å². The minimum atomic E-state index is -3.94. The standard InChI is InChI=1S/C76H56GeN4O/c1-76(2,3)53-45-46-78-73(47-53)81-70-39-19-18-35-65(70)66-44-42-60(50-72(66)81)82-59-32-20-31-58(49-59)79-51-80-74-61(52-23-8-4-9-24-52)36-21-37-68(74)69-48-57(41-43-64(69)62-33-16-17-34-63(62)67-38-22-40-71(79)75(67)80)77(54-25-10-5-11-26-54,55-27-12-6-13-28-55)56-29-14-7-15-30-56/h4-50H,1-3H3/i4D,8D,9D,23D,24D. The molecule has 82 heavy (non-hydrogen) atoms. The fraction of sp³-hybridized carbons (Fsp3) is 0.0526. The molecule has 0 amide bonds. The van der Waals surface area contributed by atoms with Gasteiger partial charge in [-0.15, -0.1) is 0 Å². The van der Waals surface area contributed by atoms with Gasteiger partial charge < -0.3 is 0 Å². The Morgan fingerprint density at radius 3 is 1.78 bits per heavy atom. The van der Waals surface area contributed by atoms with Crippen molar-refractivity contribution in [1.82, 2.24) is 14.1 Å². The van der Waals surface area contributed by atoms with Gasteiger partial charge in [0.25, 0.3) is 0 Å². The van der Waals surface area contributed by atoms with Crippen molar-refractivity contribution in [1.29, 1.82) is 0 Å². The Morgan fingerprint density at radius 2 is 1.05 bits per heavy atom. The molecule has 0 atom stereocenters. The first-order valence-corrected chi connectivity index (χ1v) is 32.0. The van der Waals surface area contributed by atoms with E-state index < -0.39 is 31.4 Å². The fourth-order valence-corrected chi connectivity index (χ4v) is 22.7. The van der Waals surface area contributed by atoms with E-state index in [1.54, 1.807) is 0 Å². The normalized spacial score (nSPS) is 12.9. The van der Waals surface area contributed by atoms with Crippen LogP contribution in [-0.2, 0) is 5.41 Å². The van der Waals surface area contributed by atoms with Crippen LogP contribution in [0, 0.1) is 6.33 Å². The maximum absolute atomic E-state index is 9.58. The summed E-state index contributed by atoms with van der Waals surface area (Å²) < 4.78 is 64.2. The Bertz CT molecular complexity index is 4950. The second kappa shape index (κ2) is 19.8. The van der Waals surface area contributed by atoms with Gasteiger partial charge in [-0.3, -0.25) is 4.57 Å². The molecule has 0 unspecified atom stereocenters. The molecule has 1 aliphatic rings. The molecule has 0 bridgehead atoms. The van der Waals surface area contributed by atoms with Crippen molar-refractivity contribution in [3.8, 4) is 73.2 Å². The zero-order valence-electron chi connectivity index (χ0n) is 50.4. The van der Waals surface area contributed by atoms with Gasteiger partial charge >= 0.3 is 355 Å². The second-order valence-corrected chi connectivity index (χ2v) is 30.1. The van der Waals surface area contributed by atoms with Crippen LogP contribution in [-0.4, -0.2) is 27.4 Å². The third-order valence-electron chi connectivity index (χ3n) is 16.4. The molecule has 5 nitrogen and oxygen atoms in total. The van der Waals surface area contributed by atoms with E-state index in [4.69, 9.17) is 13.8 Å². The molecule has 0 N–H and O–H groups in total. The predicted octanol–water partition coefficient (Wildman–Crippen LogP) is 15.6. The molecule has 0 aliphatic carbocycles. The number of hydrogen-bond acceptors (Lipinski definition) is 2. The first kappa shape index (κ1) is 44.0. The third-order valence-corrected chi connectivity index (χ3v) is 26.4. The summed E-state index contributed by atoms with van der Waals surface area (Å²) in [5.74, 6) is 2.10. The van der Waals surface area contributed by atoms with E-state index in [1.807, 2.05) is 53.2 Å². The van der Waals surface area contributed by atoms with Crippen LogP contribution in [0.5, 0.6) is 11.5 Å². The molecule has 15 rings (SSSR count). The van der Waals surface area contributed by atoms with E-state index in [0.29, 0.717) is 22.7 Å². The van der Waals surface area contributed by atoms with Gasteiger partial charge in [0.05, 0.1) is 11.0 Å². The van der Waals surface area contributed by atoms with E-state index in [2.05, 4.69) is 242 Å². The Morgan fingerprint density at radius 1 is 0.463 bits per heavy atom. The molecular formula is C76H56GeN4O. The van der Waals surface area contributed by atoms with E-state index in [-0.39, 0.29) is 23.1 Å². The molecule has 11 aromatic carbocycles. The number of fused-ring (bicyclic) bond motifs is 10. The molecule has 4 heterocycles. The second-order valence-electron chi connectivity index (χ2n) is 22.1. The van der Waals surface area contributed by atoms with Crippen LogP contribution in [0.4, 0.5) is 0 Å². The van der Waals surface area contributed by atoms with Gasteiger partial charge in [-0.25, -0.2) is 4.98 Å². The average Bonchev–Trinajstić information content (AvgIpc) is 2.52. The third kappa shape index (κ3) is 8.06. The molecule has 0 radical (unpaired) electrons. The van der Waals surface area contributed by atoms with Crippen molar-refractivity contribution < 1.29 is 16.2 Å². The number of benzene rings is 11. The predicted molar refractivity (Wildman–Crippen MR) is 340 cm³/mol. The summed E-state index contributed by atoms with van der Waals surface area (Å²) in [5.41, 5.74) is 12.4. The first-order chi connectivity index (χ1) is 42.4. The Kier molecular flexibility index (Phi) is 10.6. The SMILES string of the molecule is [2H]c1c([2H])c([2H])c(-c2cccc3c2-[n+]2[c-]n(-c4cccc(Oc5ccc6c7ccccc7n(-c7cc(C(C)(C)C)ccn7)c6c5)c4)c4cccc(c42)-c2ccccc2-c2cc[c]([Ge]([c]4ccccc4)([c]4ccccc4)[c]4ccccc4)cc2-3)c([2H])c1[2H]. The molecule has 390 valence electrons. The van der Waals surface area contributed by atoms with E-state index in [1.165, 1.54) is 23.1 Å². The molecule has 0 saturated heterocycles. The van der Waals surface area contributed by atoms with Crippen molar-refractivity contribution in [3.63, 3.8) is 0 Å². The Labute approximate surface area is 487 Å². The molecule has 0 spiro atoms. The zero-order valence-corrected chi connectivity index (χ0v) is 47.5. The summed E-state index contributed by atoms with van der Waals surface area (Å²) in [6.07, 6.45) is 5.76. The van der Waals surface area contributed by atoms with Crippen LogP contribution in [0.1, 0.15) is 33.2 Å². The summed E-state index contributed by atoms with van der Waals surface area (Å²) in [5, 5.41) is 2.21. The van der Waals surface area contributed by atoms with Crippen LogP contribution < -0.4 is 26.9 Å². The van der Waals surface area contributed by atoms with Crippen LogP contribution in [0.2, 0.25) is 0 Å². The first-order valence-electron chi connectivity index (χ1n) is 30.3. The quantitative estimate of drug-likeness (QED) is 0.0820.